The molecule has 26 heavy (non-hydrogen) atoms. The molecule has 0 bridgehead atoms. The predicted octanol–water partition coefficient (Wildman–Crippen LogP) is 5.35. The summed E-state index contributed by atoms with van der Waals surface area (Å²) in [6.45, 7) is 2.01. The summed E-state index contributed by atoms with van der Waals surface area (Å²) in [5.41, 5.74) is -0.344. The number of hydrogen-bond donors (Lipinski definition) is 1. The first-order valence-electron chi connectivity index (χ1n) is 7.72. The summed E-state index contributed by atoms with van der Waals surface area (Å²) in [6.07, 6.45) is -4.08. The molecular formula is C18H16ClF3O4. The van der Waals surface area contributed by atoms with Crippen LogP contribution in [0.4, 0.5) is 13.2 Å². The zero-order valence-electron chi connectivity index (χ0n) is 13.8. The number of ether oxygens (including phenoxy) is 2. The molecule has 0 aromatic heterocycles. The molecule has 0 unspecified atom stereocenters. The molecule has 0 amide bonds. The lowest BCUT2D eigenvalue weighted by atomic mass is 10.1. The summed E-state index contributed by atoms with van der Waals surface area (Å²) in [5, 5.41) is 9.76. The fourth-order valence-corrected chi connectivity index (χ4v) is 2.47. The molecule has 0 heterocycles. The normalized spacial score (nSPS) is 11.3. The molecular weight excluding hydrogens is 373 g/mol. The van der Waals surface area contributed by atoms with E-state index in [4.69, 9.17) is 21.1 Å². The number of benzene rings is 2. The van der Waals surface area contributed by atoms with Gasteiger partial charge in [0.2, 0.25) is 0 Å². The molecule has 8 heteroatoms. The molecule has 0 radical (unpaired) electrons. The number of hydrogen-bond acceptors (Lipinski definition) is 4. The lowest BCUT2D eigenvalue weighted by Crippen LogP contribution is -2.05. The third kappa shape index (κ3) is 5.56. The molecule has 1 N–H and O–H groups in total. The molecule has 0 saturated carbocycles. The van der Waals surface area contributed by atoms with Crippen molar-refractivity contribution in [2.75, 3.05) is 6.61 Å². The maximum atomic E-state index is 12.8. The van der Waals surface area contributed by atoms with Gasteiger partial charge in [-0.15, -0.1) is 0 Å². The van der Waals surface area contributed by atoms with Crippen LogP contribution < -0.4 is 4.74 Å². The van der Waals surface area contributed by atoms with E-state index in [0.717, 1.165) is 12.1 Å². The topological polar surface area (TPSA) is 55.8 Å². The quantitative estimate of drug-likeness (QED) is 0.677. The number of alkyl halides is 3. The standard InChI is InChI=1S/C18H16ClF3O4/c1-2-25-17(24)6-4-11-3-5-14(10-16(11)19)26-15-8-12(18(20,21)22)7-13(23)9-15/h3,5,7-10,23H,2,4,6H2,1H3. The second kappa shape index (κ2) is 8.31. The molecule has 0 spiro atoms. The van der Waals surface area contributed by atoms with Gasteiger partial charge in [-0.05, 0) is 43.2 Å². The van der Waals surface area contributed by atoms with Gasteiger partial charge in [0.1, 0.15) is 17.2 Å². The van der Waals surface area contributed by atoms with Gasteiger partial charge in [-0.3, -0.25) is 4.79 Å². The Bertz CT molecular complexity index is 790. The number of aromatic hydroxyl groups is 1. The second-order valence-electron chi connectivity index (χ2n) is 5.37. The van der Waals surface area contributed by atoms with E-state index in [1.54, 1.807) is 13.0 Å². The maximum Gasteiger partial charge on any atom is 0.416 e. The van der Waals surface area contributed by atoms with E-state index in [-0.39, 0.29) is 23.9 Å². The van der Waals surface area contributed by atoms with Crippen molar-refractivity contribution in [3.63, 3.8) is 0 Å². The van der Waals surface area contributed by atoms with Crippen molar-refractivity contribution in [3.8, 4) is 17.2 Å². The minimum Gasteiger partial charge on any atom is -0.508 e. The van der Waals surface area contributed by atoms with Gasteiger partial charge in [0.15, 0.2) is 0 Å². The van der Waals surface area contributed by atoms with Crippen LogP contribution in [0.1, 0.15) is 24.5 Å². The monoisotopic (exact) mass is 388 g/mol. The Morgan fingerprint density at radius 3 is 2.50 bits per heavy atom. The van der Waals surface area contributed by atoms with E-state index in [0.29, 0.717) is 29.7 Å². The molecule has 0 saturated heterocycles. The molecule has 2 aromatic rings. The fraction of sp³-hybridized carbons (Fsp3) is 0.278. The Morgan fingerprint density at radius 2 is 1.88 bits per heavy atom. The van der Waals surface area contributed by atoms with Crippen LogP contribution in [-0.4, -0.2) is 17.7 Å². The van der Waals surface area contributed by atoms with Crippen LogP contribution >= 0.6 is 11.6 Å². The predicted molar refractivity (Wildman–Crippen MR) is 89.6 cm³/mol. The number of rotatable bonds is 6. The average Bonchev–Trinajstić information content (AvgIpc) is 2.53. The SMILES string of the molecule is CCOC(=O)CCc1ccc(Oc2cc(O)cc(C(F)(F)F)c2)cc1Cl. The molecule has 0 aliphatic rings. The van der Waals surface area contributed by atoms with Gasteiger partial charge >= 0.3 is 12.1 Å². The highest BCUT2D eigenvalue weighted by Gasteiger charge is 2.31. The maximum absolute atomic E-state index is 12.8. The Morgan fingerprint density at radius 1 is 1.15 bits per heavy atom. The molecule has 2 aromatic carbocycles. The average molecular weight is 389 g/mol. The van der Waals surface area contributed by atoms with Gasteiger partial charge < -0.3 is 14.6 Å². The van der Waals surface area contributed by atoms with Crippen molar-refractivity contribution in [2.24, 2.45) is 0 Å². The van der Waals surface area contributed by atoms with Crippen molar-refractivity contribution in [2.45, 2.75) is 25.9 Å². The molecule has 0 aliphatic heterocycles. The lowest BCUT2D eigenvalue weighted by molar-refractivity contribution is -0.143. The number of carbonyl (C=O) groups excluding carboxylic acids is 1. The summed E-state index contributed by atoms with van der Waals surface area (Å²) >= 11 is 6.13. The number of phenols is 1. The van der Waals surface area contributed by atoms with Crippen LogP contribution in [-0.2, 0) is 22.1 Å². The summed E-state index contributed by atoms with van der Waals surface area (Å²) in [4.78, 5) is 11.4. The summed E-state index contributed by atoms with van der Waals surface area (Å²) in [6, 6.07) is 7.02. The van der Waals surface area contributed by atoms with Crippen molar-refractivity contribution in [1.82, 2.24) is 0 Å². The van der Waals surface area contributed by atoms with Gasteiger partial charge in [0, 0.05) is 17.5 Å². The molecule has 0 fully saturated rings. The van der Waals surface area contributed by atoms with E-state index >= 15 is 0 Å². The number of aryl methyl sites for hydroxylation is 1. The molecule has 2 rings (SSSR count). The lowest BCUT2D eigenvalue weighted by Gasteiger charge is -2.12. The zero-order valence-corrected chi connectivity index (χ0v) is 14.5. The van der Waals surface area contributed by atoms with Crippen molar-refractivity contribution < 1.29 is 32.5 Å². The van der Waals surface area contributed by atoms with Crippen LogP contribution in [0.2, 0.25) is 5.02 Å². The van der Waals surface area contributed by atoms with Crippen LogP contribution in [0.15, 0.2) is 36.4 Å². The number of carbonyl (C=O) groups is 1. The highest BCUT2D eigenvalue weighted by atomic mass is 35.5. The molecule has 140 valence electrons. The van der Waals surface area contributed by atoms with Gasteiger partial charge in [0.05, 0.1) is 12.2 Å². The highest BCUT2D eigenvalue weighted by molar-refractivity contribution is 6.31. The van der Waals surface area contributed by atoms with Gasteiger partial charge in [0.25, 0.3) is 0 Å². The first-order valence-corrected chi connectivity index (χ1v) is 8.10. The highest BCUT2D eigenvalue weighted by Crippen LogP contribution is 2.36. The van der Waals surface area contributed by atoms with E-state index in [2.05, 4.69) is 0 Å². The number of esters is 1. The fourth-order valence-electron chi connectivity index (χ4n) is 2.21. The van der Waals surface area contributed by atoms with Crippen molar-refractivity contribution >= 4 is 17.6 Å². The summed E-state index contributed by atoms with van der Waals surface area (Å²) in [5.74, 6) is -0.878. The zero-order chi connectivity index (χ0) is 19.3. The van der Waals surface area contributed by atoms with Crippen LogP contribution in [0, 0.1) is 0 Å². The smallest absolute Gasteiger partial charge is 0.416 e. The Hall–Kier alpha value is -2.41. The summed E-state index contributed by atoms with van der Waals surface area (Å²) in [7, 11) is 0. The Kier molecular flexibility index (Phi) is 6.37. The third-order valence-corrected chi connectivity index (χ3v) is 3.73. The van der Waals surface area contributed by atoms with Crippen LogP contribution in [0.5, 0.6) is 17.2 Å². The number of phenolic OH excluding ortho intramolecular Hbond substituents is 1. The molecule has 0 atom stereocenters. The molecule has 4 nitrogen and oxygen atoms in total. The Balaban J connectivity index is 2.12. The minimum atomic E-state index is -4.61. The van der Waals surface area contributed by atoms with Gasteiger partial charge in [-0.2, -0.15) is 13.2 Å². The first-order chi connectivity index (χ1) is 12.2. The minimum absolute atomic E-state index is 0.162. The first kappa shape index (κ1) is 19.9. The van der Waals surface area contributed by atoms with Crippen LogP contribution in [0.3, 0.4) is 0 Å². The van der Waals surface area contributed by atoms with E-state index in [1.807, 2.05) is 0 Å². The van der Waals surface area contributed by atoms with Crippen molar-refractivity contribution in [1.29, 1.82) is 0 Å². The van der Waals surface area contributed by atoms with E-state index in [1.165, 1.54) is 12.1 Å². The number of halogens is 4. The van der Waals surface area contributed by atoms with Crippen LogP contribution in [0.25, 0.3) is 0 Å². The summed E-state index contributed by atoms with van der Waals surface area (Å²) < 4.78 is 48.5. The Labute approximate surface area is 153 Å². The van der Waals surface area contributed by atoms with E-state index in [9.17, 15) is 23.1 Å². The van der Waals surface area contributed by atoms with Crippen molar-refractivity contribution in [3.05, 3.63) is 52.5 Å². The van der Waals surface area contributed by atoms with Gasteiger partial charge in [-0.25, -0.2) is 0 Å². The second-order valence-corrected chi connectivity index (χ2v) is 5.78. The largest absolute Gasteiger partial charge is 0.508 e. The molecule has 0 aliphatic carbocycles. The van der Waals surface area contributed by atoms with Gasteiger partial charge in [-0.1, -0.05) is 17.7 Å². The van der Waals surface area contributed by atoms with E-state index < -0.39 is 17.5 Å². The third-order valence-electron chi connectivity index (χ3n) is 3.38.